The molecule has 0 saturated carbocycles. The summed E-state index contributed by atoms with van der Waals surface area (Å²) in [5.41, 5.74) is 2.23. The summed E-state index contributed by atoms with van der Waals surface area (Å²) in [6.45, 7) is 0. The van der Waals surface area contributed by atoms with Crippen molar-refractivity contribution >= 4 is 21.9 Å². The van der Waals surface area contributed by atoms with Crippen LogP contribution < -0.4 is 14.8 Å². The van der Waals surface area contributed by atoms with Gasteiger partial charge in [-0.15, -0.1) is 0 Å². The first kappa shape index (κ1) is 16.9. The predicted octanol–water partition coefficient (Wildman–Crippen LogP) is 4.20. The van der Waals surface area contributed by atoms with Gasteiger partial charge in [0.1, 0.15) is 17.8 Å². The van der Waals surface area contributed by atoms with Crippen molar-refractivity contribution in [3.63, 3.8) is 0 Å². The second kappa shape index (κ2) is 6.99. The van der Waals surface area contributed by atoms with Gasteiger partial charge in [0.2, 0.25) is 5.95 Å². The molecule has 2 aromatic carbocycles. The summed E-state index contributed by atoms with van der Waals surface area (Å²) in [5, 5.41) is 7.91. The lowest BCUT2D eigenvalue weighted by Gasteiger charge is -2.32. The average molecular weight is 415 g/mol. The lowest BCUT2D eigenvalue weighted by Crippen LogP contribution is -2.28. The number of hydrogen-bond donors (Lipinski definition) is 1. The molecule has 26 heavy (non-hydrogen) atoms. The standard InChI is InChI=1S/C19H19BrN4O2/c1-25-14-7-8-18(26-2)15(9-14)17-10-16(12-3-5-13(20)6-4-12)23-19-21-11-22-24(17)19/h3-9,11,16-17H,10H2,1-2H3,(H,21,22,23)/t16-,17-/m1/s1. The van der Waals surface area contributed by atoms with E-state index in [0.29, 0.717) is 0 Å². The number of benzene rings is 2. The highest BCUT2D eigenvalue weighted by atomic mass is 79.9. The maximum absolute atomic E-state index is 5.60. The van der Waals surface area contributed by atoms with Gasteiger partial charge in [-0.3, -0.25) is 0 Å². The van der Waals surface area contributed by atoms with Crippen molar-refractivity contribution in [3.8, 4) is 11.5 Å². The first-order chi connectivity index (χ1) is 12.7. The van der Waals surface area contributed by atoms with Crippen molar-refractivity contribution in [2.24, 2.45) is 0 Å². The van der Waals surface area contributed by atoms with Crippen LogP contribution in [0.25, 0.3) is 0 Å². The summed E-state index contributed by atoms with van der Waals surface area (Å²) >= 11 is 3.50. The van der Waals surface area contributed by atoms with Crippen LogP contribution in [0.3, 0.4) is 0 Å². The molecular weight excluding hydrogens is 396 g/mol. The van der Waals surface area contributed by atoms with E-state index in [1.54, 1.807) is 20.5 Å². The van der Waals surface area contributed by atoms with Gasteiger partial charge in [-0.25, -0.2) is 4.68 Å². The number of hydrogen-bond acceptors (Lipinski definition) is 5. The molecule has 0 radical (unpaired) electrons. The fourth-order valence-corrected chi connectivity index (χ4v) is 3.66. The van der Waals surface area contributed by atoms with E-state index in [1.165, 1.54) is 5.56 Å². The molecule has 0 fully saturated rings. The zero-order valence-electron chi connectivity index (χ0n) is 14.5. The smallest absolute Gasteiger partial charge is 0.222 e. The summed E-state index contributed by atoms with van der Waals surface area (Å²) in [5.74, 6) is 2.36. The van der Waals surface area contributed by atoms with E-state index in [2.05, 4.69) is 55.6 Å². The monoisotopic (exact) mass is 414 g/mol. The maximum Gasteiger partial charge on any atom is 0.222 e. The second-order valence-corrected chi connectivity index (χ2v) is 7.05. The van der Waals surface area contributed by atoms with Crippen LogP contribution >= 0.6 is 15.9 Å². The van der Waals surface area contributed by atoms with Gasteiger partial charge in [0.25, 0.3) is 0 Å². The van der Waals surface area contributed by atoms with Crippen molar-refractivity contribution in [2.45, 2.75) is 18.5 Å². The number of nitrogens with zero attached hydrogens (tertiary/aromatic N) is 3. The number of halogens is 1. The molecule has 7 heteroatoms. The van der Waals surface area contributed by atoms with Gasteiger partial charge < -0.3 is 14.8 Å². The Bertz CT molecular complexity index is 910. The molecule has 1 aliphatic rings. The maximum atomic E-state index is 5.60. The van der Waals surface area contributed by atoms with Crippen LogP contribution in [-0.4, -0.2) is 29.0 Å². The number of rotatable bonds is 4. The third-order valence-electron chi connectivity index (χ3n) is 4.70. The van der Waals surface area contributed by atoms with Gasteiger partial charge in [-0.1, -0.05) is 28.1 Å². The third kappa shape index (κ3) is 3.03. The van der Waals surface area contributed by atoms with Crippen LogP contribution in [0.2, 0.25) is 0 Å². The first-order valence-corrected chi connectivity index (χ1v) is 9.12. The lowest BCUT2D eigenvalue weighted by molar-refractivity contribution is 0.373. The van der Waals surface area contributed by atoms with Crippen LogP contribution in [0.15, 0.2) is 53.3 Å². The molecular formula is C19H19BrN4O2. The Balaban J connectivity index is 1.77. The molecule has 0 spiro atoms. The predicted molar refractivity (Wildman–Crippen MR) is 103 cm³/mol. The Hall–Kier alpha value is -2.54. The molecule has 6 nitrogen and oxygen atoms in total. The molecule has 2 atom stereocenters. The number of nitrogens with one attached hydrogen (secondary N) is 1. The van der Waals surface area contributed by atoms with Gasteiger partial charge in [-0.2, -0.15) is 10.1 Å². The van der Waals surface area contributed by atoms with E-state index in [1.807, 2.05) is 22.9 Å². The average Bonchev–Trinajstić information content (AvgIpc) is 3.16. The SMILES string of the molecule is COc1ccc(OC)c([C@H]2C[C@H](c3ccc(Br)cc3)Nc3ncnn32)c1. The van der Waals surface area contributed by atoms with Gasteiger partial charge in [0, 0.05) is 10.0 Å². The lowest BCUT2D eigenvalue weighted by atomic mass is 9.92. The molecule has 1 N–H and O–H groups in total. The summed E-state index contributed by atoms with van der Waals surface area (Å²) < 4.78 is 14.0. The number of aromatic nitrogens is 3. The van der Waals surface area contributed by atoms with E-state index in [4.69, 9.17) is 9.47 Å². The van der Waals surface area contributed by atoms with Gasteiger partial charge in [-0.05, 0) is 42.3 Å². The number of ether oxygens (including phenoxy) is 2. The molecule has 3 aromatic rings. The molecule has 1 aromatic heterocycles. The normalized spacial score (nSPS) is 18.7. The van der Waals surface area contributed by atoms with Gasteiger partial charge in [0.15, 0.2) is 0 Å². The molecule has 134 valence electrons. The van der Waals surface area contributed by atoms with Crippen LogP contribution in [0.4, 0.5) is 5.95 Å². The molecule has 0 aliphatic carbocycles. The minimum Gasteiger partial charge on any atom is -0.497 e. The van der Waals surface area contributed by atoms with Crippen molar-refractivity contribution in [1.82, 2.24) is 14.8 Å². The highest BCUT2D eigenvalue weighted by molar-refractivity contribution is 9.10. The number of anilines is 1. The minimum atomic E-state index is -0.00699. The molecule has 4 rings (SSSR count). The van der Waals surface area contributed by atoms with Gasteiger partial charge in [0.05, 0.1) is 26.3 Å². The van der Waals surface area contributed by atoms with Crippen molar-refractivity contribution in [2.75, 3.05) is 19.5 Å². The van der Waals surface area contributed by atoms with E-state index in [9.17, 15) is 0 Å². The summed E-state index contributed by atoms with van der Waals surface area (Å²) in [6, 6.07) is 14.3. The molecule has 1 aliphatic heterocycles. The fourth-order valence-electron chi connectivity index (χ4n) is 3.39. The van der Waals surface area contributed by atoms with Crippen LogP contribution in [0.5, 0.6) is 11.5 Å². The molecule has 2 heterocycles. The van der Waals surface area contributed by atoms with E-state index in [-0.39, 0.29) is 12.1 Å². The fraction of sp³-hybridized carbons (Fsp3) is 0.263. The molecule has 0 bridgehead atoms. The zero-order chi connectivity index (χ0) is 18.1. The Kier molecular flexibility index (Phi) is 4.55. The van der Waals surface area contributed by atoms with Gasteiger partial charge >= 0.3 is 0 Å². The zero-order valence-corrected chi connectivity index (χ0v) is 16.1. The number of methoxy groups -OCH3 is 2. The summed E-state index contributed by atoms with van der Waals surface area (Å²) in [7, 11) is 3.35. The van der Waals surface area contributed by atoms with E-state index < -0.39 is 0 Å². The van der Waals surface area contributed by atoms with Crippen LogP contribution in [0.1, 0.15) is 29.6 Å². The molecule has 0 saturated heterocycles. The first-order valence-electron chi connectivity index (χ1n) is 8.33. The Morgan fingerprint density at radius 2 is 1.92 bits per heavy atom. The van der Waals surface area contributed by atoms with Crippen molar-refractivity contribution < 1.29 is 9.47 Å². The highest BCUT2D eigenvalue weighted by Crippen LogP contribution is 2.41. The summed E-state index contributed by atoms with van der Waals surface area (Å²) in [6.07, 6.45) is 2.40. The molecule has 0 unspecified atom stereocenters. The van der Waals surface area contributed by atoms with E-state index >= 15 is 0 Å². The van der Waals surface area contributed by atoms with Crippen molar-refractivity contribution in [1.29, 1.82) is 0 Å². The highest BCUT2D eigenvalue weighted by Gasteiger charge is 2.31. The summed E-state index contributed by atoms with van der Waals surface area (Å²) in [4.78, 5) is 4.38. The second-order valence-electron chi connectivity index (χ2n) is 6.14. The van der Waals surface area contributed by atoms with Crippen LogP contribution in [-0.2, 0) is 0 Å². The quantitative estimate of drug-likeness (QED) is 0.692. The van der Waals surface area contributed by atoms with Crippen LogP contribution in [0, 0.1) is 0 Å². The number of fused-ring (bicyclic) bond motifs is 1. The Labute approximate surface area is 160 Å². The third-order valence-corrected chi connectivity index (χ3v) is 5.23. The van der Waals surface area contributed by atoms with E-state index in [0.717, 1.165) is 33.9 Å². The topological polar surface area (TPSA) is 61.2 Å². The molecule has 0 amide bonds. The Morgan fingerprint density at radius 3 is 2.65 bits per heavy atom. The Morgan fingerprint density at radius 1 is 1.12 bits per heavy atom. The van der Waals surface area contributed by atoms with Crippen molar-refractivity contribution in [3.05, 3.63) is 64.4 Å². The minimum absolute atomic E-state index is 0.00699. The largest absolute Gasteiger partial charge is 0.497 e.